The second-order valence-electron chi connectivity index (χ2n) is 14.5. The first-order valence-electron chi connectivity index (χ1n) is 18.8. The van der Waals surface area contributed by atoms with Crippen LogP contribution in [0.2, 0.25) is 0 Å². The number of fused-ring (bicyclic) bond motifs is 11. The molecule has 0 unspecified atom stereocenters. The maximum atomic E-state index is 6.32. The van der Waals surface area contributed by atoms with Gasteiger partial charge in [0.05, 0.1) is 22.1 Å². The Bertz CT molecular complexity index is 3470. The second-order valence-corrected chi connectivity index (χ2v) is 14.5. The van der Waals surface area contributed by atoms with E-state index in [0.717, 1.165) is 33.3 Å². The summed E-state index contributed by atoms with van der Waals surface area (Å²) < 4.78 is 11.1. The van der Waals surface area contributed by atoms with Crippen LogP contribution in [0.25, 0.3) is 110 Å². The molecule has 55 heavy (non-hydrogen) atoms. The van der Waals surface area contributed by atoms with Crippen LogP contribution in [-0.2, 0) is 0 Å². The summed E-state index contributed by atoms with van der Waals surface area (Å²) in [5, 5.41) is 9.72. The van der Waals surface area contributed by atoms with Gasteiger partial charge in [-0.15, -0.1) is 0 Å². The first-order chi connectivity index (χ1) is 27.3. The summed E-state index contributed by atoms with van der Waals surface area (Å²) in [6.45, 7) is 0. The molecule has 9 aromatic carbocycles. The van der Waals surface area contributed by atoms with E-state index in [1.165, 1.54) is 76.6 Å². The van der Waals surface area contributed by atoms with Crippen molar-refractivity contribution in [1.82, 2.24) is 9.13 Å². The summed E-state index contributed by atoms with van der Waals surface area (Å²) in [6.07, 6.45) is 0. The largest absolute Gasteiger partial charge is 0.456 e. The lowest BCUT2D eigenvalue weighted by Crippen LogP contribution is -1.94. The van der Waals surface area contributed by atoms with E-state index in [4.69, 9.17) is 4.42 Å². The van der Waals surface area contributed by atoms with Crippen LogP contribution in [0.3, 0.4) is 0 Å². The SMILES string of the molecule is c1ccc(-c2ccc(-n3c4ccc(-c5ccc6c(c5)c5ccccc5n6-c5ccc6c(c5)oc5ccccc56)cc4c4ccc5ccccc5c43)cc2)cc1. The minimum atomic E-state index is 0.897. The Morgan fingerprint density at radius 2 is 0.855 bits per heavy atom. The van der Waals surface area contributed by atoms with E-state index < -0.39 is 0 Å². The van der Waals surface area contributed by atoms with E-state index in [9.17, 15) is 0 Å². The summed E-state index contributed by atoms with van der Waals surface area (Å²) in [5.41, 5.74) is 13.6. The maximum absolute atomic E-state index is 6.32. The lowest BCUT2D eigenvalue weighted by atomic mass is 10.00. The van der Waals surface area contributed by atoms with Crippen LogP contribution in [0.5, 0.6) is 0 Å². The minimum absolute atomic E-state index is 0.897. The molecule has 0 radical (unpaired) electrons. The Hall–Kier alpha value is -7.36. The number of furan rings is 1. The molecule has 3 heteroatoms. The van der Waals surface area contributed by atoms with Gasteiger partial charge in [-0.3, -0.25) is 0 Å². The molecule has 3 heterocycles. The van der Waals surface area contributed by atoms with Gasteiger partial charge in [0, 0.05) is 55.1 Å². The Balaban J connectivity index is 1.03. The van der Waals surface area contributed by atoms with E-state index in [2.05, 4.69) is 191 Å². The van der Waals surface area contributed by atoms with Crippen molar-refractivity contribution in [2.24, 2.45) is 0 Å². The van der Waals surface area contributed by atoms with Crippen LogP contribution in [0.4, 0.5) is 0 Å². The zero-order valence-electron chi connectivity index (χ0n) is 29.8. The fraction of sp³-hybridized carbons (Fsp3) is 0. The van der Waals surface area contributed by atoms with Crippen LogP contribution in [0.15, 0.2) is 199 Å². The highest BCUT2D eigenvalue weighted by Crippen LogP contribution is 2.41. The number of hydrogen-bond acceptors (Lipinski definition) is 1. The number of benzene rings is 9. The zero-order valence-corrected chi connectivity index (χ0v) is 29.8. The highest BCUT2D eigenvalue weighted by Gasteiger charge is 2.18. The number of rotatable bonds is 4. The lowest BCUT2D eigenvalue weighted by molar-refractivity contribution is 0.668. The predicted octanol–water partition coefficient (Wildman–Crippen LogP) is 14.3. The predicted molar refractivity (Wildman–Crippen MR) is 231 cm³/mol. The smallest absolute Gasteiger partial charge is 0.137 e. The highest BCUT2D eigenvalue weighted by molar-refractivity contribution is 6.19. The summed E-state index contributed by atoms with van der Waals surface area (Å²) in [4.78, 5) is 0. The molecule has 3 aromatic heterocycles. The molecule has 0 saturated carbocycles. The van der Waals surface area contributed by atoms with Gasteiger partial charge in [0.1, 0.15) is 11.2 Å². The molecule has 0 N–H and O–H groups in total. The summed E-state index contributed by atoms with van der Waals surface area (Å²) in [7, 11) is 0. The van der Waals surface area contributed by atoms with Crippen LogP contribution in [-0.4, -0.2) is 9.13 Å². The number of hydrogen-bond donors (Lipinski definition) is 0. The van der Waals surface area contributed by atoms with Crippen LogP contribution in [0, 0.1) is 0 Å². The van der Waals surface area contributed by atoms with Crippen molar-refractivity contribution in [2.45, 2.75) is 0 Å². The van der Waals surface area contributed by atoms with Crippen molar-refractivity contribution >= 4 is 76.3 Å². The third-order valence-electron chi connectivity index (χ3n) is 11.5. The topological polar surface area (TPSA) is 23.0 Å². The molecule has 0 bridgehead atoms. The average molecular weight is 701 g/mol. The number of aromatic nitrogens is 2. The van der Waals surface area contributed by atoms with Crippen molar-refractivity contribution in [2.75, 3.05) is 0 Å². The summed E-state index contributed by atoms with van der Waals surface area (Å²) in [5.74, 6) is 0. The number of nitrogens with zero attached hydrogens (tertiary/aromatic N) is 2. The zero-order chi connectivity index (χ0) is 36.0. The van der Waals surface area contributed by atoms with Gasteiger partial charge in [-0.1, -0.05) is 127 Å². The van der Waals surface area contributed by atoms with Gasteiger partial charge in [-0.2, -0.15) is 0 Å². The van der Waals surface area contributed by atoms with Crippen molar-refractivity contribution in [3.63, 3.8) is 0 Å². The molecule has 3 nitrogen and oxygen atoms in total. The molecule has 0 atom stereocenters. The monoisotopic (exact) mass is 700 g/mol. The lowest BCUT2D eigenvalue weighted by Gasteiger charge is -2.11. The molecule has 0 amide bonds. The summed E-state index contributed by atoms with van der Waals surface area (Å²) in [6, 6.07) is 70.3. The standard InChI is InChI=1S/C52H32N2O/c1-2-10-33(11-3-1)34-18-23-38(24-19-34)54-49-29-22-37(31-46(49)44-26-20-35-12-4-5-13-40(35)52(44)54)36-21-28-48-45(30-36)41-14-6-8-16-47(41)53(48)39-25-27-43-42-15-7-9-17-50(42)55-51(43)32-39/h1-32H. The van der Waals surface area contributed by atoms with Crippen molar-refractivity contribution < 1.29 is 4.42 Å². The molecule has 12 rings (SSSR count). The van der Waals surface area contributed by atoms with E-state index in [1.54, 1.807) is 0 Å². The van der Waals surface area contributed by atoms with Crippen molar-refractivity contribution in [3.8, 4) is 33.6 Å². The Morgan fingerprint density at radius 3 is 1.67 bits per heavy atom. The molecule has 0 spiro atoms. The molecule has 0 aliphatic carbocycles. The first-order valence-corrected chi connectivity index (χ1v) is 18.8. The maximum Gasteiger partial charge on any atom is 0.137 e. The van der Waals surface area contributed by atoms with Gasteiger partial charge < -0.3 is 13.6 Å². The Labute approximate surface area is 316 Å². The van der Waals surface area contributed by atoms with Crippen molar-refractivity contribution in [1.29, 1.82) is 0 Å². The van der Waals surface area contributed by atoms with Crippen LogP contribution in [0.1, 0.15) is 0 Å². The summed E-state index contributed by atoms with van der Waals surface area (Å²) >= 11 is 0. The van der Waals surface area contributed by atoms with Gasteiger partial charge >= 0.3 is 0 Å². The van der Waals surface area contributed by atoms with E-state index >= 15 is 0 Å². The van der Waals surface area contributed by atoms with Gasteiger partial charge in [-0.25, -0.2) is 0 Å². The molecule has 0 fully saturated rings. The molecule has 0 aliphatic rings. The third kappa shape index (κ3) is 4.50. The van der Waals surface area contributed by atoms with E-state index in [-0.39, 0.29) is 0 Å². The molecule has 256 valence electrons. The number of para-hydroxylation sites is 2. The van der Waals surface area contributed by atoms with Gasteiger partial charge in [0.15, 0.2) is 0 Å². The molecule has 0 saturated heterocycles. The van der Waals surface area contributed by atoms with E-state index in [1.807, 2.05) is 12.1 Å². The fourth-order valence-electron chi connectivity index (χ4n) is 8.95. The minimum Gasteiger partial charge on any atom is -0.456 e. The Morgan fingerprint density at radius 1 is 0.291 bits per heavy atom. The highest BCUT2D eigenvalue weighted by atomic mass is 16.3. The second kappa shape index (κ2) is 11.6. The Kier molecular flexibility index (Phi) is 6.34. The average Bonchev–Trinajstić information content (AvgIpc) is 3.91. The molecule has 12 aromatic rings. The van der Waals surface area contributed by atoms with Crippen LogP contribution < -0.4 is 0 Å². The van der Waals surface area contributed by atoms with Crippen LogP contribution >= 0.6 is 0 Å². The molecular weight excluding hydrogens is 669 g/mol. The van der Waals surface area contributed by atoms with Gasteiger partial charge in [0.2, 0.25) is 0 Å². The van der Waals surface area contributed by atoms with Gasteiger partial charge in [0.25, 0.3) is 0 Å². The third-order valence-corrected chi connectivity index (χ3v) is 11.5. The van der Waals surface area contributed by atoms with Crippen molar-refractivity contribution in [3.05, 3.63) is 194 Å². The first kappa shape index (κ1) is 30.1. The quantitative estimate of drug-likeness (QED) is 0.179. The van der Waals surface area contributed by atoms with E-state index in [0.29, 0.717) is 0 Å². The molecule has 0 aliphatic heterocycles. The van der Waals surface area contributed by atoms with Gasteiger partial charge in [-0.05, 0) is 88.3 Å². The molecular formula is C52H32N2O. The fourth-order valence-corrected chi connectivity index (χ4v) is 8.95. The normalized spacial score (nSPS) is 12.0.